The highest BCUT2D eigenvalue weighted by molar-refractivity contribution is 7.87. The van der Waals surface area contributed by atoms with E-state index in [1.54, 1.807) is 0 Å². The van der Waals surface area contributed by atoms with Crippen LogP contribution in [0.1, 0.15) is 6.42 Å². The Labute approximate surface area is 109 Å². The minimum absolute atomic E-state index is 0.275. The molecule has 2 bridgehead atoms. The Morgan fingerprint density at radius 1 is 1.53 bits per heavy atom. The fraction of sp³-hybridized carbons (Fsp3) is 0.667. The fourth-order valence-electron chi connectivity index (χ4n) is 2.85. The second kappa shape index (κ2) is 3.78. The van der Waals surface area contributed by atoms with Gasteiger partial charge < -0.3 is 4.74 Å². The summed E-state index contributed by atoms with van der Waals surface area (Å²) in [6.45, 7) is 0. The van der Waals surface area contributed by atoms with Crippen LogP contribution in [-0.2, 0) is 34.0 Å². The van der Waals surface area contributed by atoms with Gasteiger partial charge in [-0.05, 0) is 12.0 Å². The van der Waals surface area contributed by atoms with Crippen molar-refractivity contribution in [2.45, 2.75) is 23.9 Å². The van der Waals surface area contributed by atoms with E-state index >= 15 is 0 Å². The Kier molecular flexibility index (Phi) is 2.59. The first-order chi connectivity index (χ1) is 8.67. The van der Waals surface area contributed by atoms with E-state index in [2.05, 4.69) is 0 Å². The van der Waals surface area contributed by atoms with E-state index in [1.165, 1.54) is 6.08 Å². The van der Waals surface area contributed by atoms with Crippen LogP contribution >= 0.6 is 0 Å². The zero-order valence-corrected chi connectivity index (χ0v) is 11.1. The Hall–Kier alpha value is -0.970. The smallest absolute Gasteiger partial charge is 0.324 e. The predicted octanol–water partition coefficient (Wildman–Crippen LogP) is -1.16. The van der Waals surface area contributed by atoms with Crippen molar-refractivity contribution < 1.29 is 35.1 Å². The standard InChI is InChI=1S/C9H10O8S2/c10-7(3-18(11,12)13)16-8-4-1-5-6(2-4)19(14,15)17-9(5)8/h2,5-6,8-9H,1,3H2,(H,11,12,13). The molecule has 8 nitrogen and oxygen atoms in total. The van der Waals surface area contributed by atoms with Crippen molar-refractivity contribution in [3.63, 3.8) is 0 Å². The largest absolute Gasteiger partial charge is 0.454 e. The number of hydrogen-bond acceptors (Lipinski definition) is 7. The van der Waals surface area contributed by atoms with Gasteiger partial charge in [-0.15, -0.1) is 0 Å². The van der Waals surface area contributed by atoms with Crippen LogP contribution in [0.3, 0.4) is 0 Å². The molecule has 2 aliphatic carbocycles. The first kappa shape index (κ1) is 13.0. The van der Waals surface area contributed by atoms with Gasteiger partial charge in [-0.1, -0.05) is 6.08 Å². The van der Waals surface area contributed by atoms with E-state index in [-0.39, 0.29) is 5.92 Å². The molecule has 0 aromatic heterocycles. The molecule has 4 unspecified atom stereocenters. The Balaban J connectivity index is 1.78. The summed E-state index contributed by atoms with van der Waals surface area (Å²) in [5, 5.41) is -0.691. The summed E-state index contributed by atoms with van der Waals surface area (Å²) in [6, 6.07) is 0. The summed E-state index contributed by atoms with van der Waals surface area (Å²) in [4.78, 5) is 11.3. The number of fused-ring (bicyclic) bond motifs is 1. The monoisotopic (exact) mass is 310 g/mol. The highest BCUT2D eigenvalue weighted by Gasteiger charge is 2.61. The summed E-state index contributed by atoms with van der Waals surface area (Å²) in [6.07, 6.45) is 0.293. The maximum Gasteiger partial charge on any atom is 0.324 e. The third-order valence-corrected chi connectivity index (χ3v) is 5.74. The first-order valence-electron chi connectivity index (χ1n) is 5.45. The lowest BCUT2D eigenvalue weighted by Gasteiger charge is -2.20. The summed E-state index contributed by atoms with van der Waals surface area (Å²) < 4.78 is 62.6. The average Bonchev–Trinajstić information content (AvgIpc) is 2.78. The zero-order valence-electron chi connectivity index (χ0n) is 9.42. The van der Waals surface area contributed by atoms with Crippen molar-refractivity contribution in [2.24, 2.45) is 5.92 Å². The van der Waals surface area contributed by atoms with Crippen molar-refractivity contribution in [1.82, 2.24) is 0 Å². The molecule has 3 aliphatic rings. The van der Waals surface area contributed by atoms with Crippen molar-refractivity contribution in [2.75, 3.05) is 5.75 Å². The van der Waals surface area contributed by atoms with Gasteiger partial charge in [0.1, 0.15) is 11.4 Å². The SMILES string of the molecule is O=C(CS(=O)(=O)O)OC1C2=CC3C(C2)C1OS3(=O)=O. The molecule has 0 aromatic rings. The van der Waals surface area contributed by atoms with Gasteiger partial charge in [0.05, 0.1) is 0 Å². The Bertz CT molecular complexity index is 673. The molecule has 4 atom stereocenters. The Morgan fingerprint density at radius 2 is 2.21 bits per heavy atom. The van der Waals surface area contributed by atoms with Crippen molar-refractivity contribution >= 4 is 26.2 Å². The van der Waals surface area contributed by atoms with Gasteiger partial charge >= 0.3 is 5.97 Å². The molecular formula is C9H10O8S2. The number of hydrogen-bond donors (Lipinski definition) is 1. The maximum atomic E-state index is 11.6. The molecule has 3 rings (SSSR count). The van der Waals surface area contributed by atoms with Crippen LogP contribution in [0.5, 0.6) is 0 Å². The second-order valence-electron chi connectivity index (χ2n) is 4.76. The number of carbonyl (C=O) groups excluding carboxylic acids is 1. The van der Waals surface area contributed by atoms with E-state index in [0.29, 0.717) is 12.0 Å². The number of carbonyl (C=O) groups is 1. The first-order valence-corrected chi connectivity index (χ1v) is 8.53. The van der Waals surface area contributed by atoms with Gasteiger partial charge in [-0.3, -0.25) is 13.5 Å². The molecule has 1 aliphatic heterocycles. The Morgan fingerprint density at radius 3 is 2.84 bits per heavy atom. The van der Waals surface area contributed by atoms with Crippen molar-refractivity contribution in [3.8, 4) is 0 Å². The molecule has 19 heavy (non-hydrogen) atoms. The van der Waals surface area contributed by atoms with E-state index in [0.717, 1.165) is 0 Å². The normalized spacial score (nSPS) is 38.3. The molecule has 0 radical (unpaired) electrons. The van der Waals surface area contributed by atoms with Crippen LogP contribution in [0.4, 0.5) is 0 Å². The number of esters is 1. The molecule has 10 heteroatoms. The maximum absolute atomic E-state index is 11.6. The molecule has 1 saturated heterocycles. The van der Waals surface area contributed by atoms with Gasteiger partial charge in [-0.25, -0.2) is 0 Å². The summed E-state index contributed by atoms with van der Waals surface area (Å²) in [5.41, 5.74) is 0.629. The molecule has 1 saturated carbocycles. The summed E-state index contributed by atoms with van der Waals surface area (Å²) in [7, 11) is -8.14. The fourth-order valence-corrected chi connectivity index (χ4v) is 4.91. The van der Waals surface area contributed by atoms with Crippen LogP contribution in [-0.4, -0.2) is 50.6 Å². The van der Waals surface area contributed by atoms with Crippen LogP contribution < -0.4 is 0 Å². The van der Waals surface area contributed by atoms with Crippen LogP contribution in [0, 0.1) is 5.92 Å². The molecule has 0 spiro atoms. The summed E-state index contributed by atoms with van der Waals surface area (Å²) >= 11 is 0. The third-order valence-electron chi connectivity index (χ3n) is 3.49. The molecule has 0 aromatic carbocycles. The van der Waals surface area contributed by atoms with E-state index in [9.17, 15) is 21.6 Å². The minimum Gasteiger partial charge on any atom is -0.454 e. The van der Waals surface area contributed by atoms with Crippen molar-refractivity contribution in [1.29, 1.82) is 0 Å². The molecule has 106 valence electrons. The second-order valence-corrected chi connectivity index (χ2v) is 7.94. The molecule has 1 heterocycles. The van der Waals surface area contributed by atoms with Crippen LogP contribution in [0.15, 0.2) is 11.6 Å². The highest BCUT2D eigenvalue weighted by atomic mass is 32.2. The third kappa shape index (κ3) is 2.08. The topological polar surface area (TPSA) is 124 Å². The molecular weight excluding hydrogens is 300 g/mol. The lowest BCUT2D eigenvalue weighted by Crippen LogP contribution is -2.34. The lowest BCUT2D eigenvalue weighted by molar-refractivity contribution is -0.147. The van der Waals surface area contributed by atoms with E-state index < -0.39 is 49.4 Å². The molecule has 2 fully saturated rings. The van der Waals surface area contributed by atoms with E-state index in [1.807, 2.05) is 0 Å². The number of rotatable bonds is 3. The minimum atomic E-state index is -4.47. The number of ether oxygens (including phenoxy) is 1. The van der Waals surface area contributed by atoms with Gasteiger partial charge in [0.25, 0.3) is 20.2 Å². The van der Waals surface area contributed by atoms with Gasteiger partial charge in [-0.2, -0.15) is 16.8 Å². The zero-order chi connectivity index (χ0) is 14.0. The molecule has 0 amide bonds. The van der Waals surface area contributed by atoms with Gasteiger partial charge in [0, 0.05) is 5.92 Å². The molecule has 1 N–H and O–H groups in total. The predicted molar refractivity (Wildman–Crippen MR) is 60.1 cm³/mol. The summed E-state index contributed by atoms with van der Waals surface area (Å²) in [5.74, 6) is -2.57. The van der Waals surface area contributed by atoms with Crippen molar-refractivity contribution in [3.05, 3.63) is 11.6 Å². The lowest BCUT2D eigenvalue weighted by atomic mass is 10.0. The highest BCUT2D eigenvalue weighted by Crippen LogP contribution is 2.51. The van der Waals surface area contributed by atoms with Crippen LogP contribution in [0.25, 0.3) is 0 Å². The van der Waals surface area contributed by atoms with E-state index in [4.69, 9.17) is 13.5 Å². The quantitative estimate of drug-likeness (QED) is 0.300. The van der Waals surface area contributed by atoms with Gasteiger partial charge in [0.15, 0.2) is 11.9 Å². The average molecular weight is 310 g/mol. The van der Waals surface area contributed by atoms with Gasteiger partial charge in [0.2, 0.25) is 0 Å². The van der Waals surface area contributed by atoms with Crippen LogP contribution in [0.2, 0.25) is 0 Å².